The van der Waals surface area contributed by atoms with Crippen LogP contribution in [0.1, 0.15) is 12.1 Å². The van der Waals surface area contributed by atoms with Crippen LogP contribution in [0.15, 0.2) is 65.6 Å². The fraction of sp³-hybridized carbons (Fsp3) is 0.160. The Balaban J connectivity index is 1.32. The number of amides is 3. The number of sulfone groups is 1. The van der Waals surface area contributed by atoms with Gasteiger partial charge in [0.15, 0.2) is 15.0 Å². The molecule has 11 heteroatoms. The molecule has 186 valence electrons. The molecule has 3 N–H and O–H groups in total. The number of aryl methyl sites for hydroxylation is 1. The van der Waals surface area contributed by atoms with Gasteiger partial charge < -0.3 is 10.6 Å². The highest BCUT2D eigenvalue weighted by Gasteiger charge is 2.17. The molecule has 0 fully saturated rings. The van der Waals surface area contributed by atoms with E-state index in [0.717, 1.165) is 34.4 Å². The average molecular weight is 527 g/mol. The number of fused-ring (bicyclic) bond motifs is 1. The Morgan fingerprint density at radius 1 is 1.03 bits per heavy atom. The highest BCUT2D eigenvalue weighted by Crippen LogP contribution is 2.34. The number of urea groups is 1. The molecule has 8 nitrogen and oxygen atoms in total. The lowest BCUT2D eigenvalue weighted by atomic mass is 10.1. The number of benzene rings is 3. The van der Waals surface area contributed by atoms with Gasteiger partial charge in [-0.3, -0.25) is 10.1 Å². The van der Waals surface area contributed by atoms with E-state index < -0.39 is 21.7 Å². The maximum Gasteiger partial charge on any atom is 0.321 e. The Kier molecular flexibility index (Phi) is 7.32. The molecule has 4 rings (SSSR count). The summed E-state index contributed by atoms with van der Waals surface area (Å²) >= 11 is 1.13. The first-order chi connectivity index (χ1) is 17.1. The van der Waals surface area contributed by atoms with E-state index in [1.807, 2.05) is 42.5 Å². The monoisotopic (exact) mass is 526 g/mol. The third-order valence-corrected chi connectivity index (χ3v) is 7.56. The summed E-state index contributed by atoms with van der Waals surface area (Å²) in [6, 6.07) is 16.7. The van der Waals surface area contributed by atoms with Crippen molar-refractivity contribution in [1.82, 2.24) is 10.3 Å². The highest BCUT2D eigenvalue weighted by atomic mass is 32.2. The molecule has 0 aliphatic carbocycles. The van der Waals surface area contributed by atoms with E-state index in [1.54, 1.807) is 6.92 Å². The van der Waals surface area contributed by atoms with Gasteiger partial charge in [0.2, 0.25) is 5.91 Å². The van der Waals surface area contributed by atoms with Gasteiger partial charge in [0.1, 0.15) is 10.7 Å². The van der Waals surface area contributed by atoms with Gasteiger partial charge in [-0.15, -0.1) is 0 Å². The van der Waals surface area contributed by atoms with Gasteiger partial charge in [-0.1, -0.05) is 53.8 Å². The zero-order chi connectivity index (χ0) is 25.9. The first-order valence-corrected chi connectivity index (χ1v) is 13.6. The Morgan fingerprint density at radius 2 is 1.78 bits per heavy atom. The lowest BCUT2D eigenvalue weighted by Gasteiger charge is -2.09. The lowest BCUT2D eigenvalue weighted by Crippen LogP contribution is -2.31. The maximum absolute atomic E-state index is 14.3. The zero-order valence-electron chi connectivity index (χ0n) is 19.5. The molecule has 0 aliphatic heterocycles. The van der Waals surface area contributed by atoms with Gasteiger partial charge in [0.05, 0.1) is 10.6 Å². The molecule has 0 saturated carbocycles. The number of hydrogen-bond donors (Lipinski definition) is 3. The van der Waals surface area contributed by atoms with Gasteiger partial charge in [-0.05, 0) is 36.1 Å². The van der Waals surface area contributed by atoms with Crippen LogP contribution < -0.4 is 16.0 Å². The van der Waals surface area contributed by atoms with E-state index in [4.69, 9.17) is 0 Å². The maximum atomic E-state index is 14.3. The largest absolute Gasteiger partial charge is 0.337 e. The van der Waals surface area contributed by atoms with Crippen LogP contribution in [0.25, 0.3) is 21.2 Å². The fourth-order valence-corrected chi connectivity index (χ4v) is 5.32. The molecule has 0 radical (unpaired) electrons. The number of rotatable bonds is 7. The summed E-state index contributed by atoms with van der Waals surface area (Å²) < 4.78 is 37.6. The minimum Gasteiger partial charge on any atom is -0.337 e. The molecule has 0 atom stereocenters. The van der Waals surface area contributed by atoms with E-state index in [0.29, 0.717) is 21.8 Å². The number of thiazole rings is 1. The smallest absolute Gasteiger partial charge is 0.321 e. The molecule has 0 bridgehead atoms. The zero-order valence-corrected chi connectivity index (χ0v) is 21.1. The lowest BCUT2D eigenvalue weighted by molar-refractivity contribution is -0.116. The minimum atomic E-state index is -3.68. The van der Waals surface area contributed by atoms with Gasteiger partial charge in [-0.25, -0.2) is 22.6 Å². The first-order valence-electron chi connectivity index (χ1n) is 10.9. The normalized spacial score (nSPS) is 11.3. The van der Waals surface area contributed by atoms with Crippen molar-refractivity contribution >= 4 is 54.7 Å². The average Bonchev–Trinajstić information content (AvgIpc) is 3.18. The number of carbonyl (C=O) groups excluding carboxylic acids is 2. The SMILES string of the molecule is Cc1nc(NC(=O)NCCC(=O)Nc2cccc3ccccc23)sc1-c1ccc(S(C)(=O)=O)c(F)c1. The number of carbonyl (C=O) groups is 2. The summed E-state index contributed by atoms with van der Waals surface area (Å²) in [6.07, 6.45) is 1.02. The van der Waals surface area contributed by atoms with E-state index in [2.05, 4.69) is 20.9 Å². The molecule has 0 spiro atoms. The van der Waals surface area contributed by atoms with Crippen molar-refractivity contribution < 1.29 is 22.4 Å². The van der Waals surface area contributed by atoms with Crippen LogP contribution in [0.4, 0.5) is 20.0 Å². The molecule has 4 aromatic rings. The van der Waals surface area contributed by atoms with Crippen LogP contribution in [-0.4, -0.2) is 38.1 Å². The van der Waals surface area contributed by atoms with Crippen molar-refractivity contribution in [2.75, 3.05) is 23.4 Å². The van der Waals surface area contributed by atoms with Crippen LogP contribution in [0, 0.1) is 12.7 Å². The second-order valence-electron chi connectivity index (χ2n) is 8.06. The molecule has 36 heavy (non-hydrogen) atoms. The third-order valence-electron chi connectivity index (χ3n) is 5.31. The van der Waals surface area contributed by atoms with Crippen molar-refractivity contribution in [3.63, 3.8) is 0 Å². The summed E-state index contributed by atoms with van der Waals surface area (Å²) in [5, 5.41) is 10.3. The summed E-state index contributed by atoms with van der Waals surface area (Å²) in [6.45, 7) is 1.81. The van der Waals surface area contributed by atoms with Gasteiger partial charge >= 0.3 is 6.03 Å². The highest BCUT2D eigenvalue weighted by molar-refractivity contribution is 7.90. The minimum absolute atomic E-state index is 0.0742. The molecule has 3 amide bonds. The summed E-state index contributed by atoms with van der Waals surface area (Å²) in [5.41, 5.74) is 1.71. The Labute approximate surface area is 211 Å². The van der Waals surface area contributed by atoms with E-state index in [9.17, 15) is 22.4 Å². The summed E-state index contributed by atoms with van der Waals surface area (Å²) in [7, 11) is -3.68. The van der Waals surface area contributed by atoms with Crippen LogP contribution >= 0.6 is 11.3 Å². The quantitative estimate of drug-likeness (QED) is 0.315. The molecular weight excluding hydrogens is 503 g/mol. The molecule has 3 aromatic carbocycles. The Hall–Kier alpha value is -3.83. The van der Waals surface area contributed by atoms with Gasteiger partial charge in [-0.2, -0.15) is 0 Å². The fourth-order valence-electron chi connectivity index (χ4n) is 3.64. The standard InChI is InChI=1S/C25H23FN4O4S2/c1-15-23(17-10-11-21(19(26)14-17)36(2,33)34)35-25(28-15)30-24(32)27-13-12-22(31)29-20-9-5-7-16-6-3-4-8-18(16)20/h3-11,14H,12-13H2,1-2H3,(H,29,31)(H2,27,28,30,32). The van der Waals surface area contributed by atoms with E-state index in [1.165, 1.54) is 12.1 Å². The van der Waals surface area contributed by atoms with Crippen molar-refractivity contribution in [1.29, 1.82) is 0 Å². The Bertz CT molecular complexity index is 1560. The molecule has 1 aromatic heterocycles. The third kappa shape index (κ3) is 5.86. The number of anilines is 2. The number of halogens is 1. The molecule has 0 aliphatic rings. The van der Waals surface area contributed by atoms with Crippen LogP contribution in [-0.2, 0) is 14.6 Å². The van der Waals surface area contributed by atoms with Crippen molar-refractivity contribution in [3.05, 3.63) is 72.2 Å². The second-order valence-corrected chi connectivity index (χ2v) is 11.0. The van der Waals surface area contributed by atoms with Gasteiger partial charge in [0, 0.05) is 30.3 Å². The molecular formula is C25H23FN4O4S2. The van der Waals surface area contributed by atoms with Crippen LogP contribution in [0.2, 0.25) is 0 Å². The number of aromatic nitrogens is 1. The Morgan fingerprint density at radius 3 is 2.53 bits per heavy atom. The summed E-state index contributed by atoms with van der Waals surface area (Å²) in [5.74, 6) is -1.09. The number of hydrogen-bond acceptors (Lipinski definition) is 6. The predicted octanol–water partition coefficient (Wildman–Crippen LogP) is 4.96. The molecule has 0 saturated heterocycles. The first kappa shape index (κ1) is 25.3. The van der Waals surface area contributed by atoms with E-state index >= 15 is 0 Å². The van der Waals surface area contributed by atoms with Crippen LogP contribution in [0.3, 0.4) is 0 Å². The van der Waals surface area contributed by atoms with Crippen molar-refractivity contribution in [2.24, 2.45) is 0 Å². The van der Waals surface area contributed by atoms with Crippen molar-refractivity contribution in [3.8, 4) is 10.4 Å². The number of nitrogens with one attached hydrogen (secondary N) is 3. The summed E-state index contributed by atoms with van der Waals surface area (Å²) in [4.78, 5) is 29.1. The topological polar surface area (TPSA) is 117 Å². The number of nitrogens with zero attached hydrogens (tertiary/aromatic N) is 1. The van der Waals surface area contributed by atoms with E-state index in [-0.39, 0.29) is 28.9 Å². The second kappa shape index (κ2) is 10.4. The van der Waals surface area contributed by atoms with Crippen molar-refractivity contribution in [2.45, 2.75) is 18.2 Å². The molecule has 1 heterocycles. The van der Waals surface area contributed by atoms with Crippen LogP contribution in [0.5, 0.6) is 0 Å². The van der Waals surface area contributed by atoms with Gasteiger partial charge in [0.25, 0.3) is 0 Å². The predicted molar refractivity (Wildman–Crippen MR) is 140 cm³/mol. The molecule has 0 unspecified atom stereocenters.